The summed E-state index contributed by atoms with van der Waals surface area (Å²) in [5, 5.41) is 35.7. The number of rotatable bonds is 4. The van der Waals surface area contributed by atoms with Gasteiger partial charge in [-0.25, -0.2) is 0 Å². The third-order valence-corrected chi connectivity index (χ3v) is 1.93. The molecule has 0 fully saturated rings. The molecule has 25 heavy (non-hydrogen) atoms. The van der Waals surface area contributed by atoms with Gasteiger partial charge in [0.15, 0.2) is 0 Å². The number of carboxylic acids is 2. The molecule has 2 N–H and O–H groups in total. The van der Waals surface area contributed by atoms with E-state index in [2.05, 4.69) is 0 Å². The third-order valence-electron chi connectivity index (χ3n) is 1.93. The Morgan fingerprint density at radius 1 is 0.640 bits per heavy atom. The minimum Gasteiger partial charge on any atom is -0.549 e. The van der Waals surface area contributed by atoms with E-state index >= 15 is 0 Å². The van der Waals surface area contributed by atoms with Crippen LogP contribution in [0.3, 0.4) is 0 Å². The van der Waals surface area contributed by atoms with Gasteiger partial charge in [0.05, 0.1) is 23.8 Å². The molecule has 9 heteroatoms. The summed E-state index contributed by atoms with van der Waals surface area (Å²) in [7, 11) is 0. The molecule has 2 atom stereocenters. The topological polar surface area (TPSA) is 155 Å². The van der Waals surface area contributed by atoms with E-state index in [0.717, 1.165) is 0 Å². The number of carbonyl (C=O) groups is 4. The molecule has 0 saturated carbocycles. The number of aliphatic hydroxyl groups excluding tert-OH is 2. The SMILES string of the molecule is CC(=O)C(C)C(=O)[O-].CC(=O)C(C)C(=O)[O-].CC(C)O.CC(C)O.[Zr+2]. The van der Waals surface area contributed by atoms with Gasteiger partial charge in [0.2, 0.25) is 0 Å². The maximum absolute atomic E-state index is 10.2. The first-order valence-electron chi connectivity index (χ1n) is 7.36. The van der Waals surface area contributed by atoms with Gasteiger partial charge in [0.25, 0.3) is 0 Å². The van der Waals surface area contributed by atoms with Gasteiger partial charge in [-0.2, -0.15) is 0 Å². The molecule has 2 unspecified atom stereocenters. The van der Waals surface area contributed by atoms with Gasteiger partial charge in [0.1, 0.15) is 11.6 Å². The van der Waals surface area contributed by atoms with Crippen molar-refractivity contribution in [2.45, 2.75) is 67.6 Å². The third kappa shape index (κ3) is 45.1. The zero-order chi connectivity index (χ0) is 20.6. The molecule has 0 saturated heterocycles. The maximum Gasteiger partial charge on any atom is 2.00 e. The average molecular weight is 442 g/mol. The van der Waals surface area contributed by atoms with E-state index in [1.807, 2.05) is 0 Å². The van der Waals surface area contributed by atoms with Crippen molar-refractivity contribution >= 4 is 23.5 Å². The number of Topliss-reactive ketones (excluding diaryl/α,β-unsaturated/α-hetero) is 2. The van der Waals surface area contributed by atoms with Crippen LogP contribution >= 0.6 is 0 Å². The fourth-order valence-electron chi connectivity index (χ4n) is 0.332. The van der Waals surface area contributed by atoms with E-state index < -0.39 is 23.8 Å². The summed E-state index contributed by atoms with van der Waals surface area (Å²) in [6, 6.07) is 0. The van der Waals surface area contributed by atoms with Crippen molar-refractivity contribution in [1.29, 1.82) is 0 Å². The van der Waals surface area contributed by atoms with E-state index in [1.165, 1.54) is 27.7 Å². The summed E-state index contributed by atoms with van der Waals surface area (Å²) in [6.07, 6.45) is -0.333. The van der Waals surface area contributed by atoms with Gasteiger partial charge in [0, 0.05) is 12.2 Å². The minimum atomic E-state index is -1.31. The van der Waals surface area contributed by atoms with Crippen LogP contribution in [-0.4, -0.2) is 45.9 Å². The Bertz CT molecular complexity index is 311. The van der Waals surface area contributed by atoms with Gasteiger partial charge < -0.3 is 30.0 Å². The van der Waals surface area contributed by atoms with Crippen LogP contribution in [0.15, 0.2) is 0 Å². The van der Waals surface area contributed by atoms with Gasteiger partial charge in [-0.3, -0.25) is 9.59 Å². The van der Waals surface area contributed by atoms with Crippen molar-refractivity contribution in [3.63, 3.8) is 0 Å². The van der Waals surface area contributed by atoms with Gasteiger partial charge in [-0.15, -0.1) is 0 Å². The van der Waals surface area contributed by atoms with Crippen molar-refractivity contribution < 1.29 is 65.8 Å². The minimum absolute atomic E-state index is 0. The molecular weight excluding hydrogens is 411 g/mol. The van der Waals surface area contributed by atoms with Crippen LogP contribution in [0.1, 0.15) is 55.4 Å². The Morgan fingerprint density at radius 3 is 0.760 bits per heavy atom. The van der Waals surface area contributed by atoms with Gasteiger partial charge >= 0.3 is 26.2 Å². The summed E-state index contributed by atoms with van der Waals surface area (Å²) in [5.41, 5.74) is 0. The zero-order valence-corrected chi connectivity index (χ0v) is 18.6. The number of carboxylic acid groups (broad SMARTS) is 2. The molecule has 0 heterocycles. The molecule has 0 aliphatic carbocycles. The van der Waals surface area contributed by atoms with Crippen LogP contribution in [0.2, 0.25) is 0 Å². The Labute approximate surface area is 168 Å². The van der Waals surface area contributed by atoms with E-state index in [0.29, 0.717) is 0 Å². The fraction of sp³-hybridized carbons (Fsp3) is 0.750. The Balaban J connectivity index is -0.0000000739. The van der Waals surface area contributed by atoms with Crippen LogP contribution < -0.4 is 10.2 Å². The van der Waals surface area contributed by atoms with E-state index in [4.69, 9.17) is 10.2 Å². The second-order valence-corrected chi connectivity index (χ2v) is 5.49. The smallest absolute Gasteiger partial charge is 0.549 e. The normalized spacial score (nSPS) is 11.0. The van der Waals surface area contributed by atoms with Crippen LogP contribution in [0.5, 0.6) is 0 Å². The molecule has 0 spiro atoms. The predicted octanol–water partition coefficient (Wildman–Crippen LogP) is -1.31. The standard InChI is InChI=1S/2C5H8O3.2C3H8O.Zr/c2*1-3(4(2)6)5(7)8;2*1-3(2)4;/h2*3H,1-2H3,(H,7,8);2*3-4H,1-2H3;/q;;;;+2/p-2. The van der Waals surface area contributed by atoms with E-state index in [1.54, 1.807) is 27.7 Å². The van der Waals surface area contributed by atoms with Crippen molar-refractivity contribution in [1.82, 2.24) is 0 Å². The quantitative estimate of drug-likeness (QED) is 0.510. The fourth-order valence-corrected chi connectivity index (χ4v) is 0.332. The molecule has 0 aromatic carbocycles. The molecule has 0 aliphatic rings. The van der Waals surface area contributed by atoms with Crippen LogP contribution in [0.25, 0.3) is 0 Å². The van der Waals surface area contributed by atoms with Crippen LogP contribution in [0.4, 0.5) is 0 Å². The summed E-state index contributed by atoms with van der Waals surface area (Å²) < 4.78 is 0. The monoisotopic (exact) mass is 440 g/mol. The second kappa shape index (κ2) is 21.1. The Morgan fingerprint density at radius 2 is 0.760 bits per heavy atom. The molecule has 0 aromatic rings. The number of ketones is 2. The molecule has 0 rings (SSSR count). The Kier molecular flexibility index (Phi) is 29.8. The molecular formula is C16H30O8Zr. The molecule has 0 radical (unpaired) electrons. The zero-order valence-electron chi connectivity index (χ0n) is 16.2. The average Bonchev–Trinajstić information content (AvgIpc) is 2.35. The number of carbonyl (C=O) groups excluding carboxylic acids is 4. The van der Waals surface area contributed by atoms with E-state index in [-0.39, 0.29) is 50.0 Å². The summed E-state index contributed by atoms with van der Waals surface area (Å²) in [4.78, 5) is 39.9. The predicted molar refractivity (Wildman–Crippen MR) is 84.4 cm³/mol. The first kappa shape index (κ1) is 35.2. The molecule has 0 aromatic heterocycles. The molecule has 0 amide bonds. The maximum atomic E-state index is 10.2. The summed E-state index contributed by atoms with van der Waals surface area (Å²) >= 11 is 0. The first-order valence-corrected chi connectivity index (χ1v) is 7.36. The van der Waals surface area contributed by atoms with Crippen molar-refractivity contribution in [3.05, 3.63) is 0 Å². The van der Waals surface area contributed by atoms with Crippen molar-refractivity contribution in [3.8, 4) is 0 Å². The Hall–Kier alpha value is -0.917. The van der Waals surface area contributed by atoms with Crippen LogP contribution in [-0.2, 0) is 45.4 Å². The molecule has 8 nitrogen and oxygen atoms in total. The largest absolute Gasteiger partial charge is 2.00 e. The number of hydrogen-bond donors (Lipinski definition) is 2. The van der Waals surface area contributed by atoms with Crippen molar-refractivity contribution in [2.75, 3.05) is 0 Å². The molecule has 0 aliphatic heterocycles. The summed E-state index contributed by atoms with van der Waals surface area (Å²) in [6.45, 7) is 11.9. The molecule has 146 valence electrons. The van der Waals surface area contributed by atoms with E-state index in [9.17, 15) is 29.4 Å². The molecule has 0 bridgehead atoms. The van der Waals surface area contributed by atoms with Gasteiger partial charge in [-0.1, -0.05) is 13.8 Å². The van der Waals surface area contributed by atoms with Crippen molar-refractivity contribution in [2.24, 2.45) is 11.8 Å². The number of hydrogen-bond acceptors (Lipinski definition) is 8. The van der Waals surface area contributed by atoms with Crippen LogP contribution in [0, 0.1) is 11.8 Å². The first-order chi connectivity index (χ1) is 10.6. The number of aliphatic hydroxyl groups is 2. The number of aliphatic carboxylic acids is 2. The van der Waals surface area contributed by atoms with Gasteiger partial charge in [-0.05, 0) is 41.5 Å². The second-order valence-electron chi connectivity index (χ2n) is 5.49. The summed E-state index contributed by atoms with van der Waals surface area (Å²) in [5.74, 6) is -5.28.